The molecule has 1 fully saturated rings. The second-order valence-corrected chi connectivity index (χ2v) is 19.8. The van der Waals surface area contributed by atoms with Crippen LogP contribution in [0.4, 0.5) is 0 Å². The number of hydrogen-bond donors (Lipinski definition) is 11. The molecule has 1 saturated carbocycles. The van der Waals surface area contributed by atoms with Crippen molar-refractivity contribution < 1.29 is 43.2 Å². The summed E-state index contributed by atoms with van der Waals surface area (Å²) in [5.74, 6) is -6.00. The Hall–Kier alpha value is -7.14. The molecule has 9 amide bonds. The van der Waals surface area contributed by atoms with Crippen LogP contribution in [0.5, 0.6) is 0 Å². The number of hydrogen-bond acceptors (Lipinski definition) is 12. The standard InChI is InChI=1S/C49H69N13O9S/c1-27(2)42(61-44(66)28(3)57-46(68)37(59-45(67)34(50)15-16-40(51)63)21-30-24-55-35-14-8-7-13-33(30)35)49(71)54-18-17-41(64)62(4)39(22-31-25-53-26-56-31)48(70)60-38(23-32-12-9-19-72-32)47(69)58-36(43(52)65)20-29-10-5-6-11-29/h7-9,12-14,19,24-29,34,36-39,42,55H,5-6,10-11,15-18,20-23,50H2,1-4H3,(H2,51,63)(H2,52,65)(H,53,56)(H,54,71)(H,57,68)(H,58,69)(H,59,67)(H,60,70)(H,61,66)/t28-,34-,36-,37-,38-,39-,42-/m0/s1. The molecule has 4 aromatic rings. The molecule has 1 aromatic carbocycles. The molecule has 0 unspecified atom stereocenters. The number of nitrogens with two attached hydrogens (primary N) is 3. The number of nitrogens with zero attached hydrogens (tertiary/aromatic N) is 2. The van der Waals surface area contributed by atoms with Crippen LogP contribution in [0, 0.1) is 11.8 Å². The smallest absolute Gasteiger partial charge is 0.243 e. The molecule has 1 aliphatic carbocycles. The Morgan fingerprint density at radius 3 is 2.10 bits per heavy atom. The molecule has 3 heterocycles. The highest BCUT2D eigenvalue weighted by atomic mass is 32.1. The number of carbonyl (C=O) groups is 9. The monoisotopic (exact) mass is 1020 g/mol. The summed E-state index contributed by atoms with van der Waals surface area (Å²) in [7, 11) is 1.44. The zero-order valence-corrected chi connectivity index (χ0v) is 42.0. The van der Waals surface area contributed by atoms with E-state index in [1.165, 1.54) is 42.7 Å². The van der Waals surface area contributed by atoms with Gasteiger partial charge in [-0.25, -0.2) is 4.98 Å². The van der Waals surface area contributed by atoms with E-state index in [2.05, 4.69) is 46.9 Å². The summed E-state index contributed by atoms with van der Waals surface area (Å²) < 4.78 is 0. The van der Waals surface area contributed by atoms with Crippen molar-refractivity contribution in [2.45, 2.75) is 134 Å². The molecule has 72 heavy (non-hydrogen) atoms. The minimum absolute atomic E-state index is 0.00379. The Bertz CT molecular complexity index is 2490. The summed E-state index contributed by atoms with van der Waals surface area (Å²) in [6, 6.07) is 3.19. The van der Waals surface area contributed by atoms with Gasteiger partial charge in [-0.15, -0.1) is 11.3 Å². The maximum absolute atomic E-state index is 14.2. The first kappa shape index (κ1) is 55.8. The van der Waals surface area contributed by atoms with Crippen LogP contribution in [0.25, 0.3) is 10.9 Å². The van der Waals surface area contributed by atoms with Gasteiger partial charge in [0.2, 0.25) is 53.2 Å². The lowest BCUT2D eigenvalue weighted by molar-refractivity contribution is -0.140. The minimum atomic E-state index is -1.20. The van der Waals surface area contributed by atoms with E-state index < -0.39 is 101 Å². The topological polar surface area (TPSA) is 352 Å². The highest BCUT2D eigenvalue weighted by Crippen LogP contribution is 2.29. The molecule has 390 valence electrons. The molecular formula is C49H69N13O9S. The summed E-state index contributed by atoms with van der Waals surface area (Å²) >= 11 is 1.40. The van der Waals surface area contributed by atoms with E-state index in [0.29, 0.717) is 17.7 Å². The van der Waals surface area contributed by atoms with Crippen LogP contribution in [0.2, 0.25) is 0 Å². The van der Waals surface area contributed by atoms with Crippen LogP contribution >= 0.6 is 11.3 Å². The molecular weight excluding hydrogens is 947 g/mol. The Morgan fingerprint density at radius 1 is 0.764 bits per heavy atom. The molecule has 0 spiro atoms. The van der Waals surface area contributed by atoms with Crippen LogP contribution < -0.4 is 49.1 Å². The number of thiophene rings is 1. The van der Waals surface area contributed by atoms with E-state index in [1.807, 2.05) is 41.8 Å². The van der Waals surface area contributed by atoms with Gasteiger partial charge >= 0.3 is 0 Å². The van der Waals surface area contributed by atoms with E-state index in [9.17, 15) is 43.2 Å². The van der Waals surface area contributed by atoms with E-state index >= 15 is 0 Å². The molecule has 0 bridgehead atoms. The number of likely N-dealkylation sites (N-methyl/N-ethyl adjacent to an activating group) is 1. The van der Waals surface area contributed by atoms with Crippen molar-refractivity contribution in [1.29, 1.82) is 0 Å². The van der Waals surface area contributed by atoms with Gasteiger partial charge in [-0.05, 0) is 54.7 Å². The number of primary amides is 2. The van der Waals surface area contributed by atoms with Gasteiger partial charge in [0.1, 0.15) is 36.3 Å². The summed E-state index contributed by atoms with van der Waals surface area (Å²) in [5, 5.41) is 18.9. The first-order chi connectivity index (χ1) is 34.3. The van der Waals surface area contributed by atoms with Gasteiger partial charge in [0.15, 0.2) is 0 Å². The number of benzene rings is 1. The average Bonchev–Trinajstić information content (AvgIpc) is 4.21. The van der Waals surface area contributed by atoms with E-state index in [0.717, 1.165) is 41.5 Å². The number of imidazole rings is 1. The fraction of sp³-hybridized carbons (Fsp3) is 0.510. The number of aromatic amines is 2. The molecule has 14 N–H and O–H groups in total. The molecule has 5 rings (SSSR count). The zero-order chi connectivity index (χ0) is 52.5. The fourth-order valence-corrected chi connectivity index (χ4v) is 9.35. The summed E-state index contributed by atoms with van der Waals surface area (Å²) in [6.45, 7) is 4.65. The highest BCUT2D eigenvalue weighted by molar-refractivity contribution is 7.09. The largest absolute Gasteiger partial charge is 0.370 e. The number of aromatic nitrogens is 3. The molecule has 0 radical (unpaired) electrons. The molecule has 22 nitrogen and oxygen atoms in total. The molecule has 7 atom stereocenters. The van der Waals surface area contributed by atoms with Gasteiger partial charge in [0.25, 0.3) is 0 Å². The lowest BCUT2D eigenvalue weighted by Crippen LogP contribution is -2.58. The van der Waals surface area contributed by atoms with E-state index in [4.69, 9.17) is 17.2 Å². The van der Waals surface area contributed by atoms with E-state index in [-0.39, 0.29) is 51.0 Å². The second-order valence-electron chi connectivity index (χ2n) is 18.7. The summed E-state index contributed by atoms with van der Waals surface area (Å²) in [5.41, 5.74) is 19.0. The summed E-state index contributed by atoms with van der Waals surface area (Å²) in [4.78, 5) is 132. The first-order valence-electron chi connectivity index (χ1n) is 24.2. The van der Waals surface area contributed by atoms with Gasteiger partial charge < -0.3 is 64.0 Å². The van der Waals surface area contributed by atoms with Gasteiger partial charge in [0, 0.05) is 79.6 Å². The van der Waals surface area contributed by atoms with Gasteiger partial charge in [-0.3, -0.25) is 43.2 Å². The number of H-pyrrole nitrogens is 2. The van der Waals surface area contributed by atoms with Crippen LogP contribution in [0.3, 0.4) is 0 Å². The highest BCUT2D eigenvalue weighted by Gasteiger charge is 2.35. The van der Waals surface area contributed by atoms with Crippen molar-refractivity contribution in [1.82, 2.24) is 51.8 Å². The normalized spacial score (nSPS) is 15.5. The third-order valence-corrected chi connectivity index (χ3v) is 13.8. The third kappa shape index (κ3) is 16.5. The fourth-order valence-electron chi connectivity index (χ4n) is 8.60. The van der Waals surface area contributed by atoms with Crippen molar-refractivity contribution in [2.75, 3.05) is 13.6 Å². The Morgan fingerprint density at radius 2 is 1.44 bits per heavy atom. The number of para-hydroxylation sites is 1. The average molecular weight is 1020 g/mol. The van der Waals surface area contributed by atoms with E-state index in [1.54, 1.807) is 20.0 Å². The van der Waals surface area contributed by atoms with Gasteiger partial charge in [-0.1, -0.05) is 63.8 Å². The maximum Gasteiger partial charge on any atom is 0.243 e. The van der Waals surface area contributed by atoms with Crippen LogP contribution in [0.15, 0.2) is 60.5 Å². The van der Waals surface area contributed by atoms with Crippen LogP contribution in [-0.4, -0.2) is 129 Å². The number of amides is 9. The number of carbonyl (C=O) groups excluding carboxylic acids is 9. The lowest BCUT2D eigenvalue weighted by Gasteiger charge is -2.30. The predicted octanol–water partition coefficient (Wildman–Crippen LogP) is 0.0720. The molecule has 3 aromatic heterocycles. The van der Waals surface area contributed by atoms with Crippen LogP contribution in [0.1, 0.15) is 88.3 Å². The van der Waals surface area contributed by atoms with Crippen LogP contribution in [-0.2, 0) is 62.4 Å². The van der Waals surface area contributed by atoms with Crippen molar-refractivity contribution in [2.24, 2.45) is 29.0 Å². The SMILES string of the molecule is CC(C)[C@H](NC(=O)[C@H](C)NC(=O)[C@H](Cc1c[nH]c2ccccc12)NC(=O)[C@@H](N)CCC(N)=O)C(=O)NCCC(=O)N(C)[C@@H](Cc1cnc[nH]1)C(=O)N[C@@H](Cc1cccs1)C(=O)N[C@@H](CC1CCCC1)C(N)=O. The van der Waals surface area contributed by atoms with Gasteiger partial charge in [0.05, 0.1) is 12.4 Å². The quantitative estimate of drug-likeness (QED) is 0.0362. The van der Waals surface area contributed by atoms with Crippen molar-refractivity contribution in [3.05, 3.63) is 76.6 Å². The molecule has 0 aliphatic heterocycles. The van der Waals surface area contributed by atoms with Gasteiger partial charge in [-0.2, -0.15) is 0 Å². The van der Waals surface area contributed by atoms with Crippen molar-refractivity contribution in [3.63, 3.8) is 0 Å². The molecule has 1 aliphatic rings. The number of rotatable bonds is 28. The Kier molecular flexibility index (Phi) is 20.8. The lowest BCUT2D eigenvalue weighted by atomic mass is 9.97. The number of fused-ring (bicyclic) bond motifs is 1. The van der Waals surface area contributed by atoms with Crippen molar-refractivity contribution in [3.8, 4) is 0 Å². The molecule has 23 heteroatoms. The maximum atomic E-state index is 14.2. The Labute approximate surface area is 421 Å². The second kappa shape index (κ2) is 26.9. The first-order valence-corrected chi connectivity index (χ1v) is 25.1. The number of nitrogens with one attached hydrogen (secondary N) is 8. The predicted molar refractivity (Wildman–Crippen MR) is 269 cm³/mol. The molecule has 0 saturated heterocycles. The zero-order valence-electron chi connectivity index (χ0n) is 41.2. The minimum Gasteiger partial charge on any atom is -0.370 e. The Balaban J connectivity index is 1.20. The van der Waals surface area contributed by atoms with Crippen molar-refractivity contribution >= 4 is 75.4 Å². The summed E-state index contributed by atoms with van der Waals surface area (Å²) in [6.07, 6.45) is 8.68. The third-order valence-electron chi connectivity index (χ3n) is 12.9.